The fraction of sp³-hybridized carbons (Fsp3) is 0.625. The number of ketones is 1. The van der Waals surface area contributed by atoms with Crippen LogP contribution in [0.3, 0.4) is 0 Å². The number of carbonyl (C=O) groups is 1. The molecule has 1 heteroatoms. The summed E-state index contributed by atoms with van der Waals surface area (Å²) in [4.78, 5) is 10.9. The molecule has 0 bridgehead atoms. The van der Waals surface area contributed by atoms with E-state index in [0.717, 1.165) is 19.3 Å². The Kier molecular flexibility index (Phi) is 2.04. The van der Waals surface area contributed by atoms with Gasteiger partial charge in [-0.2, -0.15) is 0 Å². The van der Waals surface area contributed by atoms with Gasteiger partial charge in [-0.1, -0.05) is 13.0 Å². The van der Waals surface area contributed by atoms with Crippen molar-refractivity contribution < 1.29 is 4.79 Å². The van der Waals surface area contributed by atoms with Crippen molar-refractivity contribution in [2.45, 2.75) is 26.2 Å². The van der Waals surface area contributed by atoms with E-state index in [0.29, 0.717) is 11.7 Å². The van der Waals surface area contributed by atoms with Crippen molar-refractivity contribution in [2.24, 2.45) is 5.92 Å². The zero-order valence-corrected chi connectivity index (χ0v) is 5.76. The highest BCUT2D eigenvalue weighted by Crippen LogP contribution is 2.29. The maximum Gasteiger partial charge on any atom is 0.158 e. The predicted octanol–water partition coefficient (Wildman–Crippen LogP) is 1.93. The van der Waals surface area contributed by atoms with Gasteiger partial charge in [0.15, 0.2) is 5.78 Å². The van der Waals surface area contributed by atoms with Crippen molar-refractivity contribution in [1.82, 2.24) is 0 Å². The van der Waals surface area contributed by atoms with Crippen LogP contribution in [0.25, 0.3) is 0 Å². The SMILES string of the molecule is CC/C=C\C(=O)C1CC1. The summed E-state index contributed by atoms with van der Waals surface area (Å²) >= 11 is 0. The number of carbonyl (C=O) groups excluding carboxylic acids is 1. The molecule has 0 atom stereocenters. The molecule has 1 nitrogen and oxygen atoms in total. The first-order chi connectivity index (χ1) is 4.34. The summed E-state index contributed by atoms with van der Waals surface area (Å²) in [6.45, 7) is 2.04. The number of hydrogen-bond donors (Lipinski definition) is 0. The standard InChI is InChI=1S/C8H12O/c1-2-3-4-8(9)7-5-6-7/h3-4,7H,2,5-6H2,1H3/b4-3-. The van der Waals surface area contributed by atoms with Gasteiger partial charge in [-0.15, -0.1) is 0 Å². The molecule has 0 unspecified atom stereocenters. The molecule has 0 heterocycles. The van der Waals surface area contributed by atoms with E-state index in [2.05, 4.69) is 0 Å². The van der Waals surface area contributed by atoms with Crippen LogP contribution >= 0.6 is 0 Å². The van der Waals surface area contributed by atoms with Gasteiger partial charge < -0.3 is 0 Å². The van der Waals surface area contributed by atoms with Crippen LogP contribution in [0.1, 0.15) is 26.2 Å². The van der Waals surface area contributed by atoms with E-state index in [1.165, 1.54) is 0 Å². The lowest BCUT2D eigenvalue weighted by Gasteiger charge is -1.83. The normalized spacial score (nSPS) is 18.8. The summed E-state index contributed by atoms with van der Waals surface area (Å²) < 4.78 is 0. The minimum absolute atomic E-state index is 0.330. The van der Waals surface area contributed by atoms with Gasteiger partial charge in [0.05, 0.1) is 0 Å². The van der Waals surface area contributed by atoms with Crippen LogP contribution < -0.4 is 0 Å². The average molecular weight is 124 g/mol. The fourth-order valence-electron chi connectivity index (χ4n) is 0.738. The Labute approximate surface area is 55.8 Å². The fourth-order valence-corrected chi connectivity index (χ4v) is 0.738. The lowest BCUT2D eigenvalue weighted by Crippen LogP contribution is -1.92. The molecule has 0 aromatic heterocycles. The second-order valence-electron chi connectivity index (χ2n) is 2.49. The topological polar surface area (TPSA) is 17.1 Å². The summed E-state index contributed by atoms with van der Waals surface area (Å²) in [5.74, 6) is 0.727. The first-order valence-electron chi connectivity index (χ1n) is 3.55. The Balaban J connectivity index is 2.25. The number of rotatable bonds is 3. The van der Waals surface area contributed by atoms with Gasteiger partial charge in [0.1, 0.15) is 0 Å². The molecule has 0 radical (unpaired) electrons. The summed E-state index contributed by atoms with van der Waals surface area (Å²) in [7, 11) is 0. The highest BCUT2D eigenvalue weighted by Gasteiger charge is 2.27. The highest BCUT2D eigenvalue weighted by atomic mass is 16.1. The molecule has 1 aliphatic rings. The number of hydrogen-bond acceptors (Lipinski definition) is 1. The Hall–Kier alpha value is -0.590. The molecular weight excluding hydrogens is 112 g/mol. The van der Waals surface area contributed by atoms with E-state index >= 15 is 0 Å². The van der Waals surface area contributed by atoms with E-state index in [4.69, 9.17) is 0 Å². The molecule has 1 fully saturated rings. The van der Waals surface area contributed by atoms with E-state index in [9.17, 15) is 4.79 Å². The Morgan fingerprint density at radius 3 is 2.78 bits per heavy atom. The van der Waals surface area contributed by atoms with Gasteiger partial charge in [0.2, 0.25) is 0 Å². The Morgan fingerprint density at radius 1 is 1.67 bits per heavy atom. The minimum atomic E-state index is 0.330. The second-order valence-corrected chi connectivity index (χ2v) is 2.49. The summed E-state index contributed by atoms with van der Waals surface area (Å²) in [6, 6.07) is 0. The molecule has 9 heavy (non-hydrogen) atoms. The van der Waals surface area contributed by atoms with Gasteiger partial charge in [0, 0.05) is 5.92 Å². The molecule has 1 saturated carbocycles. The van der Waals surface area contributed by atoms with Crippen LogP contribution in [0.5, 0.6) is 0 Å². The molecular formula is C8H12O. The summed E-state index contributed by atoms with van der Waals surface area (Å²) in [5.41, 5.74) is 0. The average Bonchev–Trinajstić information content (AvgIpc) is 2.63. The van der Waals surface area contributed by atoms with Crippen LogP contribution in [-0.2, 0) is 4.79 Å². The van der Waals surface area contributed by atoms with Gasteiger partial charge in [-0.25, -0.2) is 0 Å². The molecule has 0 amide bonds. The summed E-state index contributed by atoms with van der Waals surface area (Å²) in [6.07, 6.45) is 6.86. The van der Waals surface area contributed by atoms with Crippen LogP contribution in [0.15, 0.2) is 12.2 Å². The lowest BCUT2D eigenvalue weighted by atomic mass is 10.2. The van der Waals surface area contributed by atoms with Gasteiger partial charge in [-0.05, 0) is 25.3 Å². The van der Waals surface area contributed by atoms with E-state index < -0.39 is 0 Å². The van der Waals surface area contributed by atoms with Gasteiger partial charge in [0.25, 0.3) is 0 Å². The third-order valence-electron chi connectivity index (χ3n) is 1.50. The molecule has 0 spiro atoms. The number of allylic oxidation sites excluding steroid dienone is 2. The molecule has 0 aliphatic heterocycles. The van der Waals surface area contributed by atoms with Crippen LogP contribution in [0.2, 0.25) is 0 Å². The molecule has 0 aromatic rings. The van der Waals surface area contributed by atoms with Crippen molar-refractivity contribution in [3.63, 3.8) is 0 Å². The molecule has 0 N–H and O–H groups in total. The van der Waals surface area contributed by atoms with Gasteiger partial charge >= 0.3 is 0 Å². The van der Waals surface area contributed by atoms with Crippen molar-refractivity contribution in [3.8, 4) is 0 Å². The van der Waals surface area contributed by atoms with E-state index in [1.54, 1.807) is 6.08 Å². The van der Waals surface area contributed by atoms with Crippen molar-refractivity contribution in [3.05, 3.63) is 12.2 Å². The van der Waals surface area contributed by atoms with E-state index in [-0.39, 0.29) is 0 Å². The third-order valence-corrected chi connectivity index (χ3v) is 1.50. The predicted molar refractivity (Wildman–Crippen MR) is 37.2 cm³/mol. The zero-order valence-electron chi connectivity index (χ0n) is 5.76. The highest BCUT2D eigenvalue weighted by molar-refractivity contribution is 5.93. The van der Waals surface area contributed by atoms with Gasteiger partial charge in [-0.3, -0.25) is 4.79 Å². The summed E-state index contributed by atoms with van der Waals surface area (Å²) in [5, 5.41) is 0. The zero-order chi connectivity index (χ0) is 6.69. The lowest BCUT2D eigenvalue weighted by molar-refractivity contribution is -0.115. The molecule has 50 valence electrons. The van der Waals surface area contributed by atoms with Crippen LogP contribution in [0, 0.1) is 5.92 Å². The van der Waals surface area contributed by atoms with Crippen molar-refractivity contribution in [2.75, 3.05) is 0 Å². The monoisotopic (exact) mass is 124 g/mol. The quantitative estimate of drug-likeness (QED) is 0.525. The molecule has 1 rings (SSSR count). The second kappa shape index (κ2) is 2.81. The third kappa shape index (κ3) is 2.00. The van der Waals surface area contributed by atoms with E-state index in [1.807, 2.05) is 13.0 Å². The Morgan fingerprint density at radius 2 is 2.33 bits per heavy atom. The first-order valence-corrected chi connectivity index (χ1v) is 3.55. The van der Waals surface area contributed by atoms with Crippen molar-refractivity contribution in [1.29, 1.82) is 0 Å². The van der Waals surface area contributed by atoms with Crippen molar-refractivity contribution >= 4 is 5.78 Å². The largest absolute Gasteiger partial charge is 0.295 e. The minimum Gasteiger partial charge on any atom is -0.295 e. The van der Waals surface area contributed by atoms with Crippen LogP contribution in [0.4, 0.5) is 0 Å². The first kappa shape index (κ1) is 6.53. The molecule has 0 saturated heterocycles. The Bertz CT molecular complexity index is 132. The maximum atomic E-state index is 10.9. The molecule has 1 aliphatic carbocycles. The maximum absolute atomic E-state index is 10.9. The van der Waals surface area contributed by atoms with Crippen LogP contribution in [-0.4, -0.2) is 5.78 Å². The smallest absolute Gasteiger partial charge is 0.158 e. The molecule has 0 aromatic carbocycles.